The minimum atomic E-state index is -1.41. The van der Waals surface area contributed by atoms with Crippen LogP contribution < -0.4 is 4.74 Å². The Hall–Kier alpha value is -3.82. The molecule has 0 saturated carbocycles. The topological polar surface area (TPSA) is 128 Å². The van der Waals surface area contributed by atoms with Gasteiger partial charge in [-0.25, -0.2) is 9.46 Å². The Morgan fingerprint density at radius 2 is 1.62 bits per heavy atom. The summed E-state index contributed by atoms with van der Waals surface area (Å²) in [6.45, 7) is 11.1. The van der Waals surface area contributed by atoms with Crippen LogP contribution in [0.5, 0.6) is 5.75 Å². The summed E-state index contributed by atoms with van der Waals surface area (Å²) in [5, 5.41) is 9.71. The molecule has 282 valence electrons. The molecule has 53 heavy (non-hydrogen) atoms. The maximum absolute atomic E-state index is 12.5. The van der Waals surface area contributed by atoms with Gasteiger partial charge in [-0.15, -0.1) is 5.06 Å². The van der Waals surface area contributed by atoms with Crippen LogP contribution in [-0.2, 0) is 45.0 Å². The van der Waals surface area contributed by atoms with Gasteiger partial charge in [-0.1, -0.05) is 60.3 Å². The zero-order valence-corrected chi connectivity index (χ0v) is 32.9. The average Bonchev–Trinajstić information content (AvgIpc) is 3.45. The number of ether oxygens (including phenoxy) is 2. The highest BCUT2D eigenvalue weighted by molar-refractivity contribution is 7.99. The van der Waals surface area contributed by atoms with Crippen LogP contribution in [0.2, 0.25) is 0 Å². The van der Waals surface area contributed by atoms with Gasteiger partial charge < -0.3 is 23.4 Å². The zero-order valence-electron chi connectivity index (χ0n) is 31.2. The smallest absolute Gasteiger partial charge is 0.333 e. The van der Waals surface area contributed by atoms with Crippen LogP contribution in [0, 0.1) is 11.3 Å². The molecule has 3 unspecified atom stereocenters. The van der Waals surface area contributed by atoms with Gasteiger partial charge in [-0.2, -0.15) is 5.26 Å². The summed E-state index contributed by atoms with van der Waals surface area (Å²) in [7, 11) is 0.243. The number of fused-ring (bicyclic) bond motifs is 2. The Labute approximate surface area is 317 Å². The third kappa shape index (κ3) is 9.47. The maximum Gasteiger partial charge on any atom is 0.333 e. The number of nitriles is 1. The normalized spacial score (nSPS) is 17.8. The van der Waals surface area contributed by atoms with E-state index in [9.17, 15) is 14.4 Å². The summed E-state index contributed by atoms with van der Waals surface area (Å²) in [5.74, 6) is -0.893. The van der Waals surface area contributed by atoms with E-state index in [4.69, 9.17) is 28.6 Å². The number of benzene rings is 3. The average molecular weight is 762 g/mol. The van der Waals surface area contributed by atoms with Crippen LogP contribution in [0.4, 0.5) is 0 Å². The number of nitrogens with zero attached hydrogens (tertiary/aromatic N) is 3. The molecule has 5 rings (SSSR count). The number of carbonyl (C=O) groups is 3. The van der Waals surface area contributed by atoms with Gasteiger partial charge in [0.25, 0.3) is 20.3 Å². The van der Waals surface area contributed by atoms with E-state index in [0.29, 0.717) is 31.1 Å². The van der Waals surface area contributed by atoms with Crippen molar-refractivity contribution < 1.29 is 37.7 Å². The Balaban J connectivity index is 1.41. The van der Waals surface area contributed by atoms with Gasteiger partial charge in [-0.3, -0.25) is 9.59 Å². The first-order valence-corrected chi connectivity index (χ1v) is 19.9. The molecule has 0 aliphatic carbocycles. The van der Waals surface area contributed by atoms with Crippen LogP contribution in [-0.4, -0.2) is 66.0 Å². The van der Waals surface area contributed by atoms with Crippen LogP contribution in [0.1, 0.15) is 89.0 Å². The van der Waals surface area contributed by atoms with Gasteiger partial charge in [0.05, 0.1) is 45.3 Å². The van der Waals surface area contributed by atoms with E-state index in [1.54, 1.807) is 18.9 Å². The summed E-state index contributed by atoms with van der Waals surface area (Å²) >= 11 is 1.67. The Morgan fingerprint density at radius 3 is 2.28 bits per heavy atom. The van der Waals surface area contributed by atoms with E-state index in [1.165, 1.54) is 0 Å². The summed E-state index contributed by atoms with van der Waals surface area (Å²) in [4.78, 5) is 43.5. The maximum atomic E-state index is 12.5. The predicted octanol–water partition coefficient (Wildman–Crippen LogP) is 8.08. The van der Waals surface area contributed by atoms with E-state index in [0.717, 1.165) is 37.8 Å². The molecule has 2 aliphatic rings. The molecule has 0 spiro atoms. The predicted molar refractivity (Wildman–Crippen MR) is 202 cm³/mol. The lowest BCUT2D eigenvalue weighted by Gasteiger charge is -2.41. The van der Waals surface area contributed by atoms with Gasteiger partial charge in [0.2, 0.25) is 0 Å². The fraction of sp³-hybridized carbons (Fsp3) is 0.450. The summed E-state index contributed by atoms with van der Waals surface area (Å²) in [6, 6.07) is 24.8. The van der Waals surface area contributed by atoms with Crippen LogP contribution in [0.25, 0.3) is 0 Å². The van der Waals surface area contributed by atoms with Gasteiger partial charge in [0.15, 0.2) is 0 Å². The van der Waals surface area contributed by atoms with Crippen LogP contribution >= 0.6 is 20.3 Å². The summed E-state index contributed by atoms with van der Waals surface area (Å²) in [6.07, 6.45) is 1.13. The number of amides is 2. The lowest BCUT2D eigenvalue weighted by Crippen LogP contribution is -2.37. The number of methoxy groups -OCH3 is 1. The fourth-order valence-corrected chi connectivity index (χ4v) is 9.42. The quantitative estimate of drug-likeness (QED) is 0.0709. The van der Waals surface area contributed by atoms with Crippen molar-refractivity contribution in [3.8, 4) is 11.8 Å². The van der Waals surface area contributed by atoms with Crippen LogP contribution in [0.3, 0.4) is 0 Å². The molecule has 1 fully saturated rings. The standard InChI is InChI=1S/C40H48N3O8PS/c1-27(2)43(28(3)4)52(49-24-9-23-41)51-29(5)22-25-48-40(33-10-7-8-11-35(33)53-36-26-32(47-6)17-18-34(36)40)31-15-12-30(13-16-31)14-21-39(46)50-42-37(44)19-20-38(42)45/h7-8,10-13,15-18,26-29H,9,14,19-22,24-25H2,1-6H3. The number of imide groups is 1. The fourth-order valence-electron chi connectivity index (χ4n) is 6.50. The van der Waals surface area contributed by atoms with Crippen molar-refractivity contribution in [2.24, 2.45) is 0 Å². The lowest BCUT2D eigenvalue weighted by atomic mass is 9.79. The molecule has 0 bridgehead atoms. The van der Waals surface area contributed by atoms with Crippen molar-refractivity contribution in [3.63, 3.8) is 0 Å². The number of rotatable bonds is 18. The van der Waals surface area contributed by atoms with E-state index in [-0.39, 0.29) is 43.9 Å². The van der Waals surface area contributed by atoms with Crippen molar-refractivity contribution in [1.82, 2.24) is 9.73 Å². The molecular weight excluding hydrogens is 713 g/mol. The van der Waals surface area contributed by atoms with E-state index >= 15 is 0 Å². The molecule has 2 aliphatic heterocycles. The molecule has 0 aromatic heterocycles. The van der Waals surface area contributed by atoms with Crippen molar-refractivity contribution in [3.05, 3.63) is 89.0 Å². The number of hydrogen-bond acceptors (Lipinski definition) is 11. The number of aryl methyl sites for hydroxylation is 1. The molecule has 2 amide bonds. The summed E-state index contributed by atoms with van der Waals surface area (Å²) in [5.41, 5.74) is 2.82. The molecular formula is C40H48N3O8PS. The number of hydrogen-bond donors (Lipinski definition) is 0. The van der Waals surface area contributed by atoms with Gasteiger partial charge in [0.1, 0.15) is 11.4 Å². The van der Waals surface area contributed by atoms with Crippen molar-refractivity contribution >= 4 is 38.1 Å². The van der Waals surface area contributed by atoms with E-state index in [2.05, 4.69) is 56.6 Å². The van der Waals surface area contributed by atoms with Gasteiger partial charge >= 0.3 is 5.97 Å². The van der Waals surface area contributed by atoms with Crippen molar-refractivity contribution in [1.29, 1.82) is 5.26 Å². The number of hydroxylamine groups is 2. The minimum Gasteiger partial charge on any atom is -0.497 e. The van der Waals surface area contributed by atoms with Gasteiger partial charge in [0, 0.05) is 45.8 Å². The second-order valence-corrected chi connectivity index (χ2v) is 16.0. The molecule has 1 saturated heterocycles. The molecule has 13 heteroatoms. The molecule has 0 N–H and O–H groups in total. The Kier molecular flexibility index (Phi) is 14.1. The highest BCUT2D eigenvalue weighted by atomic mass is 32.2. The highest BCUT2D eigenvalue weighted by Gasteiger charge is 2.44. The molecule has 2 heterocycles. The van der Waals surface area contributed by atoms with Crippen molar-refractivity contribution in [2.45, 2.75) is 107 Å². The largest absolute Gasteiger partial charge is 0.497 e. The first-order valence-electron chi connectivity index (χ1n) is 18.0. The SMILES string of the molecule is COc1ccc2c(c1)Sc1ccccc1C2(OCCC(C)OP(OCCC#N)N(C(C)C)C(C)C)c1ccc(CCC(=O)ON2C(=O)CCC2=O)cc1. The highest BCUT2D eigenvalue weighted by Crippen LogP contribution is 2.54. The van der Waals surface area contributed by atoms with Crippen molar-refractivity contribution in [2.75, 3.05) is 20.3 Å². The minimum absolute atomic E-state index is 0.00581. The first kappa shape index (κ1) is 40.4. The third-order valence-electron chi connectivity index (χ3n) is 9.01. The second kappa shape index (κ2) is 18.5. The summed E-state index contributed by atoms with van der Waals surface area (Å²) < 4.78 is 27.7. The lowest BCUT2D eigenvalue weighted by molar-refractivity contribution is -0.197. The molecule has 3 atom stereocenters. The zero-order chi connectivity index (χ0) is 38.1. The van der Waals surface area contributed by atoms with Gasteiger partial charge in [-0.05, 0) is 76.8 Å². The van der Waals surface area contributed by atoms with E-state index < -0.39 is 31.9 Å². The Morgan fingerprint density at radius 1 is 0.943 bits per heavy atom. The number of carbonyl (C=O) groups excluding carboxylic acids is 3. The third-order valence-corrected chi connectivity index (χ3v) is 12.4. The molecule has 3 aromatic carbocycles. The second-order valence-electron chi connectivity index (χ2n) is 13.5. The van der Waals surface area contributed by atoms with Crippen LogP contribution in [0.15, 0.2) is 76.5 Å². The van der Waals surface area contributed by atoms with E-state index in [1.807, 2.05) is 55.5 Å². The Bertz CT molecular complexity index is 1780. The first-order chi connectivity index (χ1) is 25.5. The molecule has 0 radical (unpaired) electrons. The molecule has 3 aromatic rings. The monoisotopic (exact) mass is 761 g/mol. The molecule has 11 nitrogen and oxygen atoms in total.